The summed E-state index contributed by atoms with van der Waals surface area (Å²) >= 11 is 0. The normalized spacial score (nSPS) is 18.8. The summed E-state index contributed by atoms with van der Waals surface area (Å²) in [6, 6.07) is 10.1. The lowest BCUT2D eigenvalue weighted by molar-refractivity contribution is 0.150. The van der Waals surface area contributed by atoms with Crippen molar-refractivity contribution in [3.63, 3.8) is 0 Å². The SMILES string of the molecule is CCCCCN(C(C)C)C1CCc2ccccc2NC1. The number of anilines is 1. The number of nitrogens with zero attached hydrogens (tertiary/aromatic N) is 1. The zero-order valence-corrected chi connectivity index (χ0v) is 13.4. The van der Waals surface area contributed by atoms with E-state index >= 15 is 0 Å². The number of nitrogens with one attached hydrogen (secondary N) is 1. The van der Waals surface area contributed by atoms with Crippen molar-refractivity contribution in [2.75, 3.05) is 18.4 Å². The van der Waals surface area contributed by atoms with E-state index in [4.69, 9.17) is 0 Å². The lowest BCUT2D eigenvalue weighted by Gasteiger charge is -2.34. The summed E-state index contributed by atoms with van der Waals surface area (Å²) < 4.78 is 0. The molecule has 20 heavy (non-hydrogen) atoms. The largest absolute Gasteiger partial charge is 0.383 e. The molecule has 0 saturated carbocycles. The van der Waals surface area contributed by atoms with Crippen LogP contribution < -0.4 is 5.32 Å². The minimum absolute atomic E-state index is 0.639. The molecule has 0 aliphatic carbocycles. The van der Waals surface area contributed by atoms with Crippen LogP contribution in [-0.2, 0) is 6.42 Å². The summed E-state index contributed by atoms with van der Waals surface area (Å²) in [5, 5.41) is 3.66. The van der Waals surface area contributed by atoms with Crippen LogP contribution in [0.25, 0.3) is 0 Å². The predicted molar refractivity (Wildman–Crippen MR) is 88.4 cm³/mol. The summed E-state index contributed by atoms with van der Waals surface area (Å²) in [6.07, 6.45) is 6.46. The number of aryl methyl sites for hydroxylation is 1. The van der Waals surface area contributed by atoms with Crippen LogP contribution in [0.4, 0.5) is 5.69 Å². The fourth-order valence-electron chi connectivity index (χ4n) is 3.25. The highest BCUT2D eigenvalue weighted by Gasteiger charge is 2.23. The van der Waals surface area contributed by atoms with Gasteiger partial charge in [0.1, 0.15) is 0 Å². The van der Waals surface area contributed by atoms with Crippen molar-refractivity contribution in [1.29, 1.82) is 0 Å². The Kier molecular flexibility index (Phi) is 5.90. The molecule has 0 saturated heterocycles. The molecule has 1 aromatic carbocycles. The Morgan fingerprint density at radius 1 is 1.25 bits per heavy atom. The zero-order valence-electron chi connectivity index (χ0n) is 13.4. The van der Waals surface area contributed by atoms with Gasteiger partial charge in [-0.2, -0.15) is 0 Å². The van der Waals surface area contributed by atoms with E-state index in [1.54, 1.807) is 0 Å². The first-order valence-electron chi connectivity index (χ1n) is 8.30. The Labute approximate surface area is 124 Å². The molecule has 1 N–H and O–H groups in total. The van der Waals surface area contributed by atoms with Gasteiger partial charge >= 0.3 is 0 Å². The molecule has 2 rings (SSSR count). The Hall–Kier alpha value is -1.02. The molecule has 1 aliphatic heterocycles. The number of benzene rings is 1. The molecule has 0 bridgehead atoms. The molecule has 0 spiro atoms. The van der Waals surface area contributed by atoms with Gasteiger partial charge < -0.3 is 5.32 Å². The van der Waals surface area contributed by atoms with E-state index in [9.17, 15) is 0 Å². The Balaban J connectivity index is 1.98. The van der Waals surface area contributed by atoms with E-state index in [1.807, 2.05) is 0 Å². The molecule has 112 valence electrons. The molecule has 0 fully saturated rings. The highest BCUT2D eigenvalue weighted by Crippen LogP contribution is 2.24. The van der Waals surface area contributed by atoms with Crippen LogP contribution in [-0.4, -0.2) is 30.1 Å². The highest BCUT2D eigenvalue weighted by atomic mass is 15.2. The minimum Gasteiger partial charge on any atom is -0.383 e. The molecule has 0 radical (unpaired) electrons. The maximum absolute atomic E-state index is 3.66. The van der Waals surface area contributed by atoms with Gasteiger partial charge in [-0.25, -0.2) is 0 Å². The maximum atomic E-state index is 3.66. The van der Waals surface area contributed by atoms with Gasteiger partial charge in [0.15, 0.2) is 0 Å². The van der Waals surface area contributed by atoms with E-state index in [0.29, 0.717) is 12.1 Å². The molecule has 1 atom stereocenters. The molecule has 1 aliphatic rings. The third-order valence-electron chi connectivity index (χ3n) is 4.44. The van der Waals surface area contributed by atoms with Gasteiger partial charge in [-0.3, -0.25) is 4.90 Å². The highest BCUT2D eigenvalue weighted by molar-refractivity contribution is 5.52. The van der Waals surface area contributed by atoms with Crippen molar-refractivity contribution < 1.29 is 0 Å². The van der Waals surface area contributed by atoms with Crippen LogP contribution in [0.3, 0.4) is 0 Å². The van der Waals surface area contributed by atoms with Crippen LogP contribution in [0.5, 0.6) is 0 Å². The standard InChI is InChI=1S/C18H30N2/c1-4-5-8-13-20(15(2)3)17-12-11-16-9-6-7-10-18(16)19-14-17/h6-7,9-10,15,17,19H,4-5,8,11-14H2,1-3H3. The van der Waals surface area contributed by atoms with Crippen LogP contribution in [0, 0.1) is 0 Å². The Bertz CT molecular complexity index is 373. The van der Waals surface area contributed by atoms with Gasteiger partial charge in [0.05, 0.1) is 0 Å². The molecular weight excluding hydrogens is 244 g/mol. The molecular formula is C18H30N2. The van der Waals surface area contributed by atoms with E-state index in [2.05, 4.69) is 55.3 Å². The predicted octanol–water partition coefficient (Wildman–Crippen LogP) is 4.31. The van der Waals surface area contributed by atoms with Crippen LogP contribution in [0.2, 0.25) is 0 Å². The summed E-state index contributed by atoms with van der Waals surface area (Å²) in [7, 11) is 0. The Morgan fingerprint density at radius 2 is 2.05 bits per heavy atom. The van der Waals surface area contributed by atoms with Gasteiger partial charge in [-0.15, -0.1) is 0 Å². The van der Waals surface area contributed by atoms with Gasteiger partial charge in [-0.05, 0) is 51.3 Å². The van der Waals surface area contributed by atoms with Crippen LogP contribution in [0.15, 0.2) is 24.3 Å². The van der Waals surface area contributed by atoms with E-state index in [0.717, 1.165) is 6.54 Å². The molecule has 0 amide bonds. The average molecular weight is 274 g/mol. The number of para-hydroxylation sites is 1. The average Bonchev–Trinajstić information content (AvgIpc) is 2.66. The first-order chi connectivity index (χ1) is 9.72. The zero-order chi connectivity index (χ0) is 14.4. The number of unbranched alkanes of at least 4 members (excludes halogenated alkanes) is 2. The van der Waals surface area contributed by atoms with Crippen molar-refractivity contribution >= 4 is 5.69 Å². The Morgan fingerprint density at radius 3 is 2.80 bits per heavy atom. The van der Waals surface area contributed by atoms with Gasteiger partial charge in [-0.1, -0.05) is 38.0 Å². The molecule has 0 aromatic heterocycles. The third kappa shape index (κ3) is 3.99. The number of hydrogen-bond acceptors (Lipinski definition) is 2. The lowest BCUT2D eigenvalue weighted by Crippen LogP contribution is -2.44. The molecule has 1 aromatic rings. The smallest absolute Gasteiger partial charge is 0.0373 e. The van der Waals surface area contributed by atoms with Gasteiger partial charge in [0.25, 0.3) is 0 Å². The van der Waals surface area contributed by atoms with Crippen molar-refractivity contribution in [2.45, 2.75) is 65.0 Å². The van der Waals surface area contributed by atoms with Gasteiger partial charge in [0, 0.05) is 24.3 Å². The van der Waals surface area contributed by atoms with Crippen LogP contribution in [0.1, 0.15) is 52.0 Å². The molecule has 1 heterocycles. The number of rotatable bonds is 6. The second-order valence-electron chi connectivity index (χ2n) is 6.27. The van der Waals surface area contributed by atoms with Crippen molar-refractivity contribution in [3.05, 3.63) is 29.8 Å². The minimum atomic E-state index is 0.639. The topological polar surface area (TPSA) is 15.3 Å². The van der Waals surface area contributed by atoms with E-state index in [1.165, 1.54) is 49.9 Å². The van der Waals surface area contributed by atoms with Crippen LogP contribution >= 0.6 is 0 Å². The monoisotopic (exact) mass is 274 g/mol. The number of fused-ring (bicyclic) bond motifs is 1. The summed E-state index contributed by atoms with van der Waals surface area (Å²) in [5.41, 5.74) is 2.82. The lowest BCUT2D eigenvalue weighted by atomic mass is 10.0. The van der Waals surface area contributed by atoms with E-state index in [-0.39, 0.29) is 0 Å². The fraction of sp³-hybridized carbons (Fsp3) is 0.667. The first kappa shape index (κ1) is 15.4. The summed E-state index contributed by atoms with van der Waals surface area (Å²) in [4.78, 5) is 2.70. The molecule has 2 nitrogen and oxygen atoms in total. The summed E-state index contributed by atoms with van der Waals surface area (Å²) in [5.74, 6) is 0. The van der Waals surface area contributed by atoms with Crippen molar-refractivity contribution in [2.24, 2.45) is 0 Å². The van der Waals surface area contributed by atoms with Crippen molar-refractivity contribution in [3.8, 4) is 0 Å². The number of hydrogen-bond donors (Lipinski definition) is 1. The quantitative estimate of drug-likeness (QED) is 0.777. The second kappa shape index (κ2) is 7.68. The maximum Gasteiger partial charge on any atom is 0.0373 e. The summed E-state index contributed by atoms with van der Waals surface area (Å²) in [6.45, 7) is 9.28. The molecule has 2 heteroatoms. The van der Waals surface area contributed by atoms with Crippen molar-refractivity contribution in [1.82, 2.24) is 4.90 Å². The second-order valence-corrected chi connectivity index (χ2v) is 6.27. The van der Waals surface area contributed by atoms with Gasteiger partial charge in [0.2, 0.25) is 0 Å². The third-order valence-corrected chi connectivity index (χ3v) is 4.44. The van der Waals surface area contributed by atoms with E-state index < -0.39 is 0 Å². The first-order valence-corrected chi connectivity index (χ1v) is 8.30. The molecule has 1 unspecified atom stereocenters. The fourth-order valence-corrected chi connectivity index (χ4v) is 3.25.